The molecule has 116 valence electrons. The van der Waals surface area contributed by atoms with Gasteiger partial charge in [-0.1, -0.05) is 12.8 Å². The Morgan fingerprint density at radius 1 is 1.33 bits per heavy atom. The van der Waals surface area contributed by atoms with E-state index in [9.17, 15) is 9.90 Å². The molecule has 1 aromatic carbocycles. The molecule has 2 unspecified atom stereocenters. The van der Waals surface area contributed by atoms with E-state index in [4.69, 9.17) is 4.74 Å². The standard InChI is InChI=1S/C16H23NO3S/c1-17(14-5-3-4-6-15(14)18)16(19)11-21-13-9-7-12(20-2)8-10-13/h7-10,14-15,18H,3-6,11H2,1-2H3. The first-order valence-corrected chi connectivity index (χ1v) is 8.31. The number of hydrogen-bond donors (Lipinski definition) is 1. The third kappa shape index (κ3) is 4.38. The molecule has 0 bridgehead atoms. The maximum atomic E-state index is 12.3. The number of ether oxygens (including phenoxy) is 1. The maximum absolute atomic E-state index is 12.3. The highest BCUT2D eigenvalue weighted by Gasteiger charge is 2.29. The highest BCUT2D eigenvalue weighted by molar-refractivity contribution is 8.00. The van der Waals surface area contributed by atoms with Crippen molar-refractivity contribution in [3.05, 3.63) is 24.3 Å². The zero-order valence-corrected chi connectivity index (χ0v) is 13.4. The van der Waals surface area contributed by atoms with Gasteiger partial charge < -0.3 is 14.7 Å². The van der Waals surface area contributed by atoms with Crippen LogP contribution in [-0.4, -0.2) is 48.0 Å². The fourth-order valence-electron chi connectivity index (χ4n) is 2.65. The number of likely N-dealkylation sites (N-methyl/N-ethyl adjacent to an activating group) is 1. The van der Waals surface area contributed by atoms with Crippen LogP contribution in [0.5, 0.6) is 5.75 Å². The van der Waals surface area contributed by atoms with Crippen LogP contribution in [0.3, 0.4) is 0 Å². The number of rotatable bonds is 5. The van der Waals surface area contributed by atoms with E-state index in [1.807, 2.05) is 24.3 Å². The molecule has 4 nitrogen and oxygen atoms in total. The molecule has 1 aliphatic carbocycles. The summed E-state index contributed by atoms with van der Waals surface area (Å²) in [4.78, 5) is 15.0. The smallest absolute Gasteiger partial charge is 0.233 e. The minimum absolute atomic E-state index is 0.0253. The molecule has 1 amide bonds. The lowest BCUT2D eigenvalue weighted by Crippen LogP contribution is -2.46. The normalized spacial score (nSPS) is 21.9. The zero-order chi connectivity index (χ0) is 15.2. The Bertz CT molecular complexity index is 463. The second-order valence-electron chi connectivity index (χ2n) is 5.39. The Balaban J connectivity index is 1.85. The van der Waals surface area contributed by atoms with E-state index in [1.54, 1.807) is 19.1 Å². The molecular weight excluding hydrogens is 286 g/mol. The van der Waals surface area contributed by atoms with Crippen LogP contribution in [0, 0.1) is 0 Å². The number of aliphatic hydroxyl groups is 1. The van der Waals surface area contributed by atoms with Crippen molar-refractivity contribution in [1.29, 1.82) is 0 Å². The van der Waals surface area contributed by atoms with E-state index in [0.29, 0.717) is 5.75 Å². The number of methoxy groups -OCH3 is 1. The summed E-state index contributed by atoms with van der Waals surface area (Å²) < 4.78 is 5.11. The molecule has 0 radical (unpaired) electrons. The fourth-order valence-corrected chi connectivity index (χ4v) is 3.47. The molecule has 0 aliphatic heterocycles. The molecule has 1 saturated carbocycles. The number of amides is 1. The van der Waals surface area contributed by atoms with Crippen molar-refractivity contribution in [3.8, 4) is 5.75 Å². The van der Waals surface area contributed by atoms with Crippen molar-refractivity contribution >= 4 is 17.7 Å². The Labute approximate surface area is 130 Å². The monoisotopic (exact) mass is 309 g/mol. The number of thioether (sulfide) groups is 1. The lowest BCUT2D eigenvalue weighted by atomic mass is 9.91. The molecule has 1 N–H and O–H groups in total. The predicted octanol–water partition coefficient (Wildman–Crippen LogP) is 2.55. The van der Waals surface area contributed by atoms with E-state index < -0.39 is 0 Å². The van der Waals surface area contributed by atoms with Crippen LogP contribution in [0.4, 0.5) is 0 Å². The van der Waals surface area contributed by atoms with Gasteiger partial charge in [0.25, 0.3) is 0 Å². The van der Waals surface area contributed by atoms with Crippen LogP contribution < -0.4 is 4.74 Å². The molecule has 5 heteroatoms. The highest BCUT2D eigenvalue weighted by Crippen LogP contribution is 2.25. The van der Waals surface area contributed by atoms with Gasteiger partial charge in [0.05, 0.1) is 25.0 Å². The summed E-state index contributed by atoms with van der Waals surface area (Å²) in [5.74, 6) is 1.28. The molecular formula is C16H23NO3S. The van der Waals surface area contributed by atoms with Crippen LogP contribution in [-0.2, 0) is 4.79 Å². The average molecular weight is 309 g/mol. The largest absolute Gasteiger partial charge is 0.497 e. The van der Waals surface area contributed by atoms with Gasteiger partial charge in [-0.3, -0.25) is 4.79 Å². The molecule has 21 heavy (non-hydrogen) atoms. The van der Waals surface area contributed by atoms with Crippen molar-refractivity contribution < 1.29 is 14.6 Å². The van der Waals surface area contributed by atoms with Gasteiger partial charge >= 0.3 is 0 Å². The second kappa shape index (κ2) is 7.71. The summed E-state index contributed by atoms with van der Waals surface area (Å²) in [6.07, 6.45) is 3.47. The van der Waals surface area contributed by atoms with Crippen LogP contribution >= 0.6 is 11.8 Å². The second-order valence-corrected chi connectivity index (χ2v) is 6.44. The summed E-state index contributed by atoms with van der Waals surface area (Å²) in [7, 11) is 3.44. The van der Waals surface area contributed by atoms with E-state index in [1.165, 1.54) is 11.8 Å². The summed E-state index contributed by atoms with van der Waals surface area (Å²) in [6.45, 7) is 0. The number of hydrogen-bond acceptors (Lipinski definition) is 4. The fraction of sp³-hybridized carbons (Fsp3) is 0.562. The minimum atomic E-state index is -0.376. The zero-order valence-electron chi connectivity index (χ0n) is 12.6. The van der Waals surface area contributed by atoms with Crippen LogP contribution in [0.15, 0.2) is 29.2 Å². The van der Waals surface area contributed by atoms with Gasteiger partial charge in [0, 0.05) is 11.9 Å². The first kappa shape index (κ1) is 16.2. The van der Waals surface area contributed by atoms with Gasteiger partial charge in [0.2, 0.25) is 5.91 Å². The van der Waals surface area contributed by atoms with Crippen molar-refractivity contribution in [3.63, 3.8) is 0 Å². The summed E-state index contributed by atoms with van der Waals surface area (Å²) >= 11 is 1.51. The number of carbonyl (C=O) groups excluding carboxylic acids is 1. The summed E-state index contributed by atoms with van der Waals surface area (Å²) in [5, 5.41) is 10.0. The van der Waals surface area contributed by atoms with Gasteiger partial charge in [0.15, 0.2) is 0 Å². The van der Waals surface area contributed by atoms with E-state index in [2.05, 4.69) is 0 Å². The topological polar surface area (TPSA) is 49.8 Å². The minimum Gasteiger partial charge on any atom is -0.497 e. The third-order valence-corrected chi connectivity index (χ3v) is 5.00. The average Bonchev–Trinajstić information content (AvgIpc) is 2.53. The van der Waals surface area contributed by atoms with Crippen LogP contribution in [0.1, 0.15) is 25.7 Å². The molecule has 0 spiro atoms. The molecule has 0 saturated heterocycles. The predicted molar refractivity (Wildman–Crippen MR) is 84.8 cm³/mol. The Hall–Kier alpha value is -1.20. The Morgan fingerprint density at radius 2 is 2.00 bits per heavy atom. The number of aliphatic hydroxyl groups excluding tert-OH is 1. The van der Waals surface area contributed by atoms with E-state index >= 15 is 0 Å². The maximum Gasteiger partial charge on any atom is 0.233 e. The van der Waals surface area contributed by atoms with Crippen molar-refractivity contribution in [2.24, 2.45) is 0 Å². The van der Waals surface area contributed by atoms with Gasteiger partial charge in [0.1, 0.15) is 5.75 Å². The SMILES string of the molecule is COc1ccc(SCC(=O)N(C)C2CCCCC2O)cc1. The summed E-state index contributed by atoms with van der Waals surface area (Å²) in [6, 6.07) is 7.66. The van der Waals surface area contributed by atoms with E-state index in [-0.39, 0.29) is 18.1 Å². The van der Waals surface area contributed by atoms with Gasteiger partial charge in [-0.25, -0.2) is 0 Å². The molecule has 1 fully saturated rings. The molecule has 2 atom stereocenters. The van der Waals surface area contributed by atoms with E-state index in [0.717, 1.165) is 36.3 Å². The lowest BCUT2D eigenvalue weighted by Gasteiger charge is -2.35. The van der Waals surface area contributed by atoms with Crippen LogP contribution in [0.2, 0.25) is 0 Å². The van der Waals surface area contributed by atoms with Gasteiger partial charge in [-0.2, -0.15) is 0 Å². The molecule has 0 aromatic heterocycles. The number of carbonyl (C=O) groups is 1. The number of benzene rings is 1. The molecule has 0 heterocycles. The first-order chi connectivity index (χ1) is 10.1. The number of nitrogens with zero attached hydrogens (tertiary/aromatic N) is 1. The third-order valence-electron chi connectivity index (χ3n) is 4.01. The van der Waals surface area contributed by atoms with Crippen molar-refractivity contribution in [2.75, 3.05) is 19.9 Å². The quantitative estimate of drug-likeness (QED) is 0.849. The Kier molecular flexibility index (Phi) is 5.94. The van der Waals surface area contributed by atoms with Crippen molar-refractivity contribution in [2.45, 2.75) is 42.7 Å². The first-order valence-electron chi connectivity index (χ1n) is 7.32. The highest BCUT2D eigenvalue weighted by atomic mass is 32.2. The molecule has 1 aliphatic rings. The van der Waals surface area contributed by atoms with Gasteiger partial charge in [-0.15, -0.1) is 11.8 Å². The molecule has 2 rings (SSSR count). The van der Waals surface area contributed by atoms with Gasteiger partial charge in [-0.05, 0) is 37.1 Å². The molecule has 1 aromatic rings. The summed E-state index contributed by atoms with van der Waals surface area (Å²) in [5.41, 5.74) is 0. The Morgan fingerprint density at radius 3 is 2.62 bits per heavy atom. The van der Waals surface area contributed by atoms with Crippen LogP contribution in [0.25, 0.3) is 0 Å². The lowest BCUT2D eigenvalue weighted by molar-refractivity contribution is -0.132. The van der Waals surface area contributed by atoms with Crippen molar-refractivity contribution in [1.82, 2.24) is 4.90 Å².